The number of carbonyl (C=O) groups is 2. The Morgan fingerprint density at radius 3 is 2.38 bits per heavy atom. The van der Waals surface area contributed by atoms with Crippen molar-refractivity contribution in [3.63, 3.8) is 0 Å². The minimum absolute atomic E-state index is 0.0297. The molecule has 1 unspecified atom stereocenters. The minimum atomic E-state index is -0.519. The predicted octanol–water partition coefficient (Wildman–Crippen LogP) is 3.21. The van der Waals surface area contributed by atoms with E-state index in [-0.39, 0.29) is 24.5 Å². The fourth-order valence-corrected chi connectivity index (χ4v) is 2.95. The Morgan fingerprint density at radius 1 is 1.21 bits per heavy atom. The molecule has 1 saturated heterocycles. The van der Waals surface area contributed by atoms with E-state index in [0.717, 1.165) is 5.56 Å². The quantitative estimate of drug-likeness (QED) is 0.641. The zero-order chi connectivity index (χ0) is 18.0. The predicted molar refractivity (Wildman–Crippen MR) is 91.6 cm³/mol. The van der Waals surface area contributed by atoms with Crippen LogP contribution in [-0.4, -0.2) is 23.7 Å². The molecule has 1 atom stereocenters. The molecule has 1 N–H and O–H groups in total. The number of amides is 1. The van der Waals surface area contributed by atoms with Crippen LogP contribution >= 0.6 is 0 Å². The van der Waals surface area contributed by atoms with Crippen LogP contribution in [0, 0.1) is 5.41 Å². The molecule has 1 aliphatic rings. The third-order valence-electron chi connectivity index (χ3n) is 4.45. The summed E-state index contributed by atoms with van der Waals surface area (Å²) in [6.07, 6.45) is 1.21. The van der Waals surface area contributed by atoms with Crippen molar-refractivity contribution in [2.24, 2.45) is 5.41 Å². The van der Waals surface area contributed by atoms with Crippen molar-refractivity contribution in [2.75, 3.05) is 0 Å². The molecular weight excluding hydrogens is 306 g/mol. The highest BCUT2D eigenvalue weighted by Gasteiger charge is 2.54. The largest absolute Gasteiger partial charge is 0.469 e. The van der Waals surface area contributed by atoms with Crippen molar-refractivity contribution < 1.29 is 19.1 Å². The topological polar surface area (TPSA) is 64.6 Å². The first-order valence-electron chi connectivity index (χ1n) is 8.49. The second-order valence-corrected chi connectivity index (χ2v) is 7.21. The van der Waals surface area contributed by atoms with Gasteiger partial charge in [0.2, 0.25) is 5.91 Å². The van der Waals surface area contributed by atoms with Crippen LogP contribution in [0.25, 0.3) is 0 Å². The average molecular weight is 333 g/mol. The molecule has 0 spiro atoms. The van der Waals surface area contributed by atoms with Crippen LogP contribution < -0.4 is 10.1 Å². The Kier molecular flexibility index (Phi) is 5.21. The van der Waals surface area contributed by atoms with Gasteiger partial charge >= 0.3 is 5.97 Å². The van der Waals surface area contributed by atoms with Crippen molar-refractivity contribution in [1.82, 2.24) is 5.32 Å². The maximum atomic E-state index is 12.1. The molecule has 0 aliphatic carbocycles. The number of nitrogens with one attached hydrogen (secondary N) is 1. The first-order chi connectivity index (χ1) is 11.2. The molecule has 132 valence electrons. The van der Waals surface area contributed by atoms with E-state index in [2.05, 4.69) is 5.32 Å². The molecule has 1 aliphatic heterocycles. The SMILES string of the molecule is CCC1(CC)C(=O)NC1Oc1ccccc1CC(=O)OC(C)(C)C. The molecular formula is C19H27NO4. The van der Waals surface area contributed by atoms with Crippen LogP contribution in [0.2, 0.25) is 0 Å². The maximum Gasteiger partial charge on any atom is 0.310 e. The van der Waals surface area contributed by atoms with Crippen LogP contribution in [0.4, 0.5) is 0 Å². The van der Waals surface area contributed by atoms with E-state index in [9.17, 15) is 9.59 Å². The highest BCUT2D eigenvalue weighted by molar-refractivity contribution is 5.89. The lowest BCUT2D eigenvalue weighted by Crippen LogP contribution is -2.69. The summed E-state index contributed by atoms with van der Waals surface area (Å²) >= 11 is 0. The normalized spacial score (nSPS) is 19.2. The fraction of sp³-hybridized carbons (Fsp3) is 0.579. The second kappa shape index (κ2) is 6.83. The van der Waals surface area contributed by atoms with Gasteiger partial charge in [-0.25, -0.2) is 0 Å². The van der Waals surface area contributed by atoms with E-state index in [1.54, 1.807) is 0 Å². The van der Waals surface area contributed by atoms with Gasteiger partial charge in [0.25, 0.3) is 0 Å². The van der Waals surface area contributed by atoms with E-state index in [1.807, 2.05) is 58.9 Å². The summed E-state index contributed by atoms with van der Waals surface area (Å²) in [7, 11) is 0. The van der Waals surface area contributed by atoms with Gasteiger partial charge in [0.05, 0.1) is 6.42 Å². The molecule has 0 saturated carbocycles. The lowest BCUT2D eigenvalue weighted by Gasteiger charge is -2.47. The molecule has 5 nitrogen and oxygen atoms in total. The number of esters is 1. The molecule has 1 heterocycles. The summed E-state index contributed by atoms with van der Waals surface area (Å²) in [6.45, 7) is 9.51. The van der Waals surface area contributed by atoms with Crippen molar-refractivity contribution in [1.29, 1.82) is 0 Å². The Labute approximate surface area is 143 Å². The molecule has 24 heavy (non-hydrogen) atoms. The first-order valence-corrected chi connectivity index (χ1v) is 8.49. The van der Waals surface area contributed by atoms with E-state index in [0.29, 0.717) is 18.6 Å². The third-order valence-corrected chi connectivity index (χ3v) is 4.45. The number of β-lactam (4-membered cyclic amide) rings is 1. The van der Waals surface area contributed by atoms with Crippen LogP contribution in [-0.2, 0) is 20.7 Å². The Balaban J connectivity index is 2.12. The van der Waals surface area contributed by atoms with Gasteiger partial charge in [-0.15, -0.1) is 0 Å². The van der Waals surface area contributed by atoms with Gasteiger partial charge in [-0.1, -0.05) is 32.0 Å². The number of ether oxygens (including phenoxy) is 2. The van der Waals surface area contributed by atoms with E-state index >= 15 is 0 Å². The standard InChI is InChI=1S/C19H27NO4/c1-6-19(7-2)16(22)20-17(19)23-14-11-9-8-10-13(14)12-15(21)24-18(3,4)5/h8-11,17H,6-7,12H2,1-5H3,(H,20,22). The second-order valence-electron chi connectivity index (χ2n) is 7.21. The summed E-state index contributed by atoms with van der Waals surface area (Å²) in [5, 5.41) is 2.83. The summed E-state index contributed by atoms with van der Waals surface area (Å²) in [5.74, 6) is 0.343. The molecule has 1 amide bonds. The van der Waals surface area contributed by atoms with Gasteiger partial charge in [0.15, 0.2) is 6.23 Å². The van der Waals surface area contributed by atoms with Gasteiger partial charge in [-0.2, -0.15) is 0 Å². The molecule has 1 aromatic carbocycles. The number of hydrogen-bond donors (Lipinski definition) is 1. The zero-order valence-electron chi connectivity index (χ0n) is 15.1. The van der Waals surface area contributed by atoms with E-state index in [4.69, 9.17) is 9.47 Å². The molecule has 0 aromatic heterocycles. The third kappa shape index (κ3) is 3.71. The van der Waals surface area contributed by atoms with Gasteiger partial charge in [-0.3, -0.25) is 9.59 Å². The fourth-order valence-electron chi connectivity index (χ4n) is 2.95. The first kappa shape index (κ1) is 18.3. The highest BCUT2D eigenvalue weighted by Crippen LogP contribution is 2.39. The maximum absolute atomic E-state index is 12.1. The van der Waals surface area contributed by atoms with Gasteiger partial charge in [0.1, 0.15) is 16.8 Å². The van der Waals surface area contributed by atoms with Crippen molar-refractivity contribution >= 4 is 11.9 Å². The average Bonchev–Trinajstić information content (AvgIpc) is 2.48. The zero-order valence-corrected chi connectivity index (χ0v) is 15.1. The number of benzene rings is 1. The van der Waals surface area contributed by atoms with Crippen molar-refractivity contribution in [2.45, 2.75) is 65.7 Å². The Hall–Kier alpha value is -2.04. The number of para-hydroxylation sites is 1. The van der Waals surface area contributed by atoms with Crippen LogP contribution in [0.15, 0.2) is 24.3 Å². The minimum Gasteiger partial charge on any atom is -0.469 e. The molecule has 1 aromatic rings. The van der Waals surface area contributed by atoms with Crippen molar-refractivity contribution in [3.05, 3.63) is 29.8 Å². The summed E-state index contributed by atoms with van der Waals surface area (Å²) in [6, 6.07) is 7.38. The van der Waals surface area contributed by atoms with Crippen LogP contribution in [0.3, 0.4) is 0 Å². The van der Waals surface area contributed by atoms with Gasteiger partial charge in [0, 0.05) is 5.56 Å². The summed E-state index contributed by atoms with van der Waals surface area (Å²) in [4.78, 5) is 24.1. The Bertz CT molecular complexity index is 614. The Morgan fingerprint density at radius 2 is 1.83 bits per heavy atom. The summed E-state index contributed by atoms with van der Waals surface area (Å²) < 4.78 is 11.4. The molecule has 2 rings (SSSR count). The van der Waals surface area contributed by atoms with Gasteiger partial charge in [-0.05, 0) is 39.7 Å². The number of rotatable bonds is 6. The molecule has 0 bridgehead atoms. The smallest absolute Gasteiger partial charge is 0.310 e. The highest BCUT2D eigenvalue weighted by atomic mass is 16.6. The van der Waals surface area contributed by atoms with E-state index < -0.39 is 11.0 Å². The summed E-state index contributed by atoms with van der Waals surface area (Å²) in [5.41, 5.74) is -0.248. The molecule has 0 radical (unpaired) electrons. The van der Waals surface area contributed by atoms with Gasteiger partial charge < -0.3 is 14.8 Å². The lowest BCUT2D eigenvalue weighted by molar-refractivity contribution is -0.162. The van der Waals surface area contributed by atoms with Crippen molar-refractivity contribution in [3.8, 4) is 5.75 Å². The monoisotopic (exact) mass is 333 g/mol. The number of hydrogen-bond acceptors (Lipinski definition) is 4. The molecule has 5 heteroatoms. The lowest BCUT2D eigenvalue weighted by atomic mass is 9.73. The number of carbonyl (C=O) groups excluding carboxylic acids is 2. The molecule has 1 fully saturated rings. The van der Waals surface area contributed by atoms with Crippen LogP contribution in [0.1, 0.15) is 53.0 Å². The van der Waals surface area contributed by atoms with E-state index in [1.165, 1.54) is 0 Å². The van der Waals surface area contributed by atoms with Crippen LogP contribution in [0.5, 0.6) is 5.75 Å².